The van der Waals surface area contributed by atoms with Gasteiger partial charge in [-0.25, -0.2) is 4.98 Å². The molecule has 0 spiro atoms. The zero-order valence-corrected chi connectivity index (χ0v) is 11.3. The van der Waals surface area contributed by atoms with Gasteiger partial charge in [-0.1, -0.05) is 36.4 Å². The van der Waals surface area contributed by atoms with Gasteiger partial charge in [0.1, 0.15) is 5.82 Å². The van der Waals surface area contributed by atoms with Gasteiger partial charge in [0.2, 0.25) is 0 Å². The summed E-state index contributed by atoms with van der Waals surface area (Å²) in [5.74, 6) is 1.34. The molecule has 0 amide bonds. The fourth-order valence-corrected chi connectivity index (χ4v) is 2.89. The van der Waals surface area contributed by atoms with Crippen LogP contribution in [0, 0.1) is 0 Å². The predicted octanol–water partition coefficient (Wildman–Crippen LogP) is 1.77. The molecule has 4 rings (SSSR count). The minimum Gasteiger partial charge on any atom is -0.331 e. The van der Waals surface area contributed by atoms with Gasteiger partial charge in [0.25, 0.3) is 0 Å². The zero-order chi connectivity index (χ0) is 13.5. The van der Waals surface area contributed by atoms with Crippen molar-refractivity contribution in [2.75, 3.05) is 6.54 Å². The summed E-state index contributed by atoms with van der Waals surface area (Å²) in [6, 6.07) is 16.5. The topological polar surface area (TPSA) is 30.2 Å². The fraction of sp³-hybridized carbons (Fsp3) is 0.176. The summed E-state index contributed by atoms with van der Waals surface area (Å²) in [7, 11) is 2.08. The summed E-state index contributed by atoms with van der Waals surface area (Å²) in [5.41, 5.74) is 2.23. The van der Waals surface area contributed by atoms with Crippen LogP contribution in [0.2, 0.25) is 0 Å². The van der Waals surface area contributed by atoms with E-state index in [4.69, 9.17) is 4.98 Å². The third-order valence-electron chi connectivity index (χ3n) is 3.93. The van der Waals surface area contributed by atoms with E-state index in [-0.39, 0.29) is 5.92 Å². The Bertz CT molecular complexity index is 905. The van der Waals surface area contributed by atoms with Crippen molar-refractivity contribution >= 4 is 17.1 Å². The van der Waals surface area contributed by atoms with Crippen LogP contribution in [0.5, 0.6) is 0 Å². The molecule has 0 radical (unpaired) electrons. The normalized spacial score (nSPS) is 17.4. The first-order valence-corrected chi connectivity index (χ1v) is 6.86. The predicted molar refractivity (Wildman–Crippen MR) is 80.0 cm³/mol. The van der Waals surface area contributed by atoms with Crippen molar-refractivity contribution in [3.63, 3.8) is 0 Å². The number of para-hydroxylation sites is 3. The Morgan fingerprint density at radius 1 is 1.05 bits per heavy atom. The third kappa shape index (κ3) is 1.67. The van der Waals surface area contributed by atoms with E-state index >= 15 is 0 Å². The molecular formula is C17H15N3. The van der Waals surface area contributed by atoms with Gasteiger partial charge in [-0.05, 0) is 23.4 Å². The highest BCUT2D eigenvalue weighted by atomic mass is 15.1. The van der Waals surface area contributed by atoms with Crippen LogP contribution in [0.25, 0.3) is 17.1 Å². The van der Waals surface area contributed by atoms with E-state index in [0.29, 0.717) is 0 Å². The molecule has 0 bridgehead atoms. The SMILES string of the molecule is Cn1c(C2C=c3ccccc3=NC2)nc2ccccc21. The number of hydrogen-bond acceptors (Lipinski definition) is 2. The van der Waals surface area contributed by atoms with Gasteiger partial charge < -0.3 is 4.57 Å². The molecule has 1 aliphatic rings. The van der Waals surface area contributed by atoms with Gasteiger partial charge in [-0.3, -0.25) is 4.99 Å². The quantitative estimate of drug-likeness (QED) is 0.656. The maximum atomic E-state index is 4.78. The monoisotopic (exact) mass is 261 g/mol. The molecule has 98 valence electrons. The molecule has 0 saturated carbocycles. The fourth-order valence-electron chi connectivity index (χ4n) is 2.89. The Balaban J connectivity index is 1.89. The molecule has 1 unspecified atom stereocenters. The summed E-state index contributed by atoms with van der Waals surface area (Å²) in [6.07, 6.45) is 2.28. The Morgan fingerprint density at radius 2 is 1.85 bits per heavy atom. The molecule has 1 atom stereocenters. The highest BCUT2D eigenvalue weighted by molar-refractivity contribution is 5.76. The van der Waals surface area contributed by atoms with E-state index in [1.807, 2.05) is 12.1 Å². The van der Waals surface area contributed by atoms with Crippen LogP contribution in [0.1, 0.15) is 11.7 Å². The first-order valence-electron chi connectivity index (χ1n) is 6.86. The second-order valence-corrected chi connectivity index (χ2v) is 5.19. The second kappa shape index (κ2) is 4.30. The first-order chi connectivity index (χ1) is 9.83. The van der Waals surface area contributed by atoms with Crippen LogP contribution in [0.4, 0.5) is 0 Å². The standard InChI is InChI=1S/C17H15N3/c1-20-16-9-5-4-8-15(16)19-17(20)13-10-12-6-2-3-7-14(12)18-11-13/h2-10,13H,11H2,1H3. The Morgan fingerprint density at radius 3 is 2.75 bits per heavy atom. The number of imidazole rings is 1. The Kier molecular flexibility index (Phi) is 2.46. The summed E-state index contributed by atoms with van der Waals surface area (Å²) < 4.78 is 2.18. The van der Waals surface area contributed by atoms with Crippen molar-refractivity contribution in [1.29, 1.82) is 0 Å². The van der Waals surface area contributed by atoms with Crippen LogP contribution in [-0.4, -0.2) is 16.1 Å². The number of rotatable bonds is 1. The number of hydrogen-bond donors (Lipinski definition) is 0. The molecule has 2 heterocycles. The maximum absolute atomic E-state index is 4.78. The van der Waals surface area contributed by atoms with E-state index in [0.717, 1.165) is 23.2 Å². The molecule has 20 heavy (non-hydrogen) atoms. The van der Waals surface area contributed by atoms with Crippen LogP contribution in [-0.2, 0) is 7.05 Å². The number of aromatic nitrogens is 2. The highest BCUT2D eigenvalue weighted by Gasteiger charge is 2.17. The third-order valence-corrected chi connectivity index (χ3v) is 3.93. The lowest BCUT2D eigenvalue weighted by atomic mass is 10.0. The minimum absolute atomic E-state index is 0.252. The average Bonchev–Trinajstić information content (AvgIpc) is 2.84. The van der Waals surface area contributed by atoms with Crippen LogP contribution in [0.15, 0.2) is 53.5 Å². The zero-order valence-electron chi connectivity index (χ0n) is 11.3. The molecule has 1 aromatic heterocycles. The molecule has 0 saturated heterocycles. The summed E-state index contributed by atoms with van der Waals surface area (Å²) in [5, 5.41) is 2.29. The second-order valence-electron chi connectivity index (χ2n) is 5.19. The molecule has 0 fully saturated rings. The van der Waals surface area contributed by atoms with Crippen LogP contribution >= 0.6 is 0 Å². The van der Waals surface area contributed by atoms with Gasteiger partial charge >= 0.3 is 0 Å². The number of nitrogens with zero attached hydrogens (tertiary/aromatic N) is 3. The van der Waals surface area contributed by atoms with E-state index in [1.165, 1.54) is 10.7 Å². The smallest absolute Gasteiger partial charge is 0.118 e. The molecular weight excluding hydrogens is 246 g/mol. The van der Waals surface area contributed by atoms with Gasteiger partial charge in [0, 0.05) is 7.05 Å². The maximum Gasteiger partial charge on any atom is 0.118 e. The van der Waals surface area contributed by atoms with Crippen molar-refractivity contribution in [2.24, 2.45) is 12.0 Å². The van der Waals surface area contributed by atoms with Crippen molar-refractivity contribution < 1.29 is 0 Å². The molecule has 1 aliphatic heterocycles. The van der Waals surface area contributed by atoms with Crippen molar-refractivity contribution in [3.05, 3.63) is 64.9 Å². The molecule has 3 nitrogen and oxygen atoms in total. The number of aryl methyl sites for hydroxylation is 1. The Hall–Kier alpha value is -2.42. The van der Waals surface area contributed by atoms with E-state index in [1.54, 1.807) is 0 Å². The number of fused-ring (bicyclic) bond motifs is 2. The van der Waals surface area contributed by atoms with Crippen LogP contribution < -0.4 is 10.6 Å². The highest BCUT2D eigenvalue weighted by Crippen LogP contribution is 2.22. The lowest BCUT2D eigenvalue weighted by Crippen LogP contribution is -2.30. The van der Waals surface area contributed by atoms with E-state index in [2.05, 4.69) is 59.1 Å². The number of benzene rings is 2. The molecule has 0 aliphatic carbocycles. The van der Waals surface area contributed by atoms with Crippen molar-refractivity contribution in [1.82, 2.24) is 9.55 Å². The van der Waals surface area contributed by atoms with E-state index < -0.39 is 0 Å². The average molecular weight is 261 g/mol. The van der Waals surface area contributed by atoms with Crippen molar-refractivity contribution in [2.45, 2.75) is 5.92 Å². The lowest BCUT2D eigenvalue weighted by molar-refractivity contribution is 0.731. The van der Waals surface area contributed by atoms with Gasteiger partial charge in [0.05, 0.1) is 28.9 Å². The summed E-state index contributed by atoms with van der Waals surface area (Å²) in [6.45, 7) is 0.772. The summed E-state index contributed by atoms with van der Waals surface area (Å²) in [4.78, 5) is 9.46. The van der Waals surface area contributed by atoms with Gasteiger partial charge in [0.15, 0.2) is 0 Å². The minimum atomic E-state index is 0.252. The molecule has 2 aromatic carbocycles. The Labute approximate surface area is 116 Å². The van der Waals surface area contributed by atoms with Crippen molar-refractivity contribution in [3.8, 4) is 0 Å². The molecule has 3 heteroatoms. The summed E-state index contributed by atoms with van der Waals surface area (Å²) >= 11 is 0. The van der Waals surface area contributed by atoms with Gasteiger partial charge in [-0.2, -0.15) is 0 Å². The lowest BCUT2D eigenvalue weighted by Gasteiger charge is -2.13. The molecule has 3 aromatic rings. The first kappa shape index (κ1) is 11.4. The van der Waals surface area contributed by atoms with Gasteiger partial charge in [-0.15, -0.1) is 0 Å². The molecule has 0 N–H and O–H groups in total. The van der Waals surface area contributed by atoms with Crippen LogP contribution in [0.3, 0.4) is 0 Å². The van der Waals surface area contributed by atoms with E-state index in [9.17, 15) is 0 Å². The largest absolute Gasteiger partial charge is 0.331 e.